The fraction of sp³-hybridized carbons (Fsp3) is 0. The van der Waals surface area contributed by atoms with Crippen LogP contribution in [-0.2, 0) is 0 Å². The highest BCUT2D eigenvalue weighted by atomic mass is 32.1. The Morgan fingerprint density at radius 3 is 1.70 bits per heavy atom. The van der Waals surface area contributed by atoms with Crippen molar-refractivity contribution in [2.75, 3.05) is 0 Å². The van der Waals surface area contributed by atoms with E-state index in [9.17, 15) is 0 Å². The van der Waals surface area contributed by atoms with Crippen LogP contribution in [0.2, 0.25) is 0 Å². The Hall–Kier alpha value is -5.70. The van der Waals surface area contributed by atoms with Crippen LogP contribution in [0.15, 0.2) is 162 Å². The third kappa shape index (κ3) is 3.68. The quantitative estimate of drug-likeness (QED) is 0.183. The van der Waals surface area contributed by atoms with Crippen molar-refractivity contribution >= 4 is 75.7 Å². The number of hydrogen-bond acceptors (Lipinski definition) is 2. The van der Waals surface area contributed by atoms with Crippen LogP contribution in [0, 0.1) is 0 Å². The van der Waals surface area contributed by atoms with Crippen LogP contribution in [0.5, 0.6) is 0 Å². The first-order valence-electron chi connectivity index (χ1n) is 15.7. The van der Waals surface area contributed by atoms with Crippen molar-refractivity contribution in [3.05, 3.63) is 158 Å². The Labute approximate surface area is 269 Å². The highest BCUT2D eigenvalue weighted by Crippen LogP contribution is 2.50. The van der Waals surface area contributed by atoms with E-state index in [2.05, 4.69) is 158 Å². The topological polar surface area (TPSA) is 13.1 Å². The lowest BCUT2D eigenvalue weighted by molar-refractivity contribution is 0.673. The highest BCUT2D eigenvalue weighted by Gasteiger charge is 2.23. The van der Waals surface area contributed by atoms with Crippen LogP contribution in [0.4, 0.5) is 0 Å². The Balaban J connectivity index is 1.38. The maximum absolute atomic E-state index is 6.75. The van der Waals surface area contributed by atoms with Crippen molar-refractivity contribution in [1.82, 2.24) is 0 Å². The molecular formula is C44H26OS. The molecule has 0 saturated heterocycles. The van der Waals surface area contributed by atoms with E-state index in [-0.39, 0.29) is 0 Å². The lowest BCUT2D eigenvalue weighted by Crippen LogP contribution is -1.92. The summed E-state index contributed by atoms with van der Waals surface area (Å²) in [6, 6.07) is 57.2. The van der Waals surface area contributed by atoms with E-state index in [1.807, 2.05) is 11.3 Å². The molecule has 0 atom stereocenters. The van der Waals surface area contributed by atoms with Crippen molar-refractivity contribution in [1.29, 1.82) is 0 Å². The number of benzene rings is 8. The molecule has 2 heteroatoms. The smallest absolute Gasteiger partial charge is 0.153 e. The Morgan fingerprint density at radius 1 is 0.413 bits per heavy atom. The highest BCUT2D eigenvalue weighted by molar-refractivity contribution is 7.23. The van der Waals surface area contributed by atoms with E-state index in [4.69, 9.17) is 4.42 Å². The molecule has 0 aliphatic rings. The van der Waals surface area contributed by atoms with Crippen molar-refractivity contribution in [3.63, 3.8) is 0 Å². The summed E-state index contributed by atoms with van der Waals surface area (Å²) in [5.74, 6) is 0. The fourth-order valence-electron chi connectivity index (χ4n) is 7.48. The number of hydrogen-bond donors (Lipinski definition) is 0. The molecule has 0 fully saturated rings. The zero-order valence-corrected chi connectivity index (χ0v) is 25.6. The standard InChI is InChI=1S/C44H26OS/c1-2-14-28(15-3-1)39-26-29-25-37(42-36-22-10-11-24-38(36)45-43(42)44(29)46-39)41-34-20-8-6-18-32(34)40(33-19-7-9-21-35(33)41)31-23-12-16-27-13-4-5-17-30(27)31/h1-26H. The fourth-order valence-corrected chi connectivity index (χ4v) is 8.62. The largest absolute Gasteiger partial charge is 0.455 e. The predicted molar refractivity (Wildman–Crippen MR) is 198 cm³/mol. The van der Waals surface area contributed by atoms with Crippen LogP contribution in [0.3, 0.4) is 0 Å². The zero-order chi connectivity index (χ0) is 30.2. The zero-order valence-electron chi connectivity index (χ0n) is 24.8. The summed E-state index contributed by atoms with van der Waals surface area (Å²) in [5, 5.41) is 11.0. The van der Waals surface area contributed by atoms with E-state index in [1.165, 1.54) is 80.5 Å². The van der Waals surface area contributed by atoms with Gasteiger partial charge in [0.05, 0.1) is 4.70 Å². The van der Waals surface area contributed by atoms with Crippen molar-refractivity contribution < 1.29 is 4.42 Å². The minimum Gasteiger partial charge on any atom is -0.455 e. The molecule has 10 aromatic rings. The molecular weight excluding hydrogens is 577 g/mol. The van der Waals surface area contributed by atoms with Crippen LogP contribution < -0.4 is 0 Å². The van der Waals surface area contributed by atoms with Crippen LogP contribution in [0.25, 0.3) is 97.0 Å². The lowest BCUT2D eigenvalue weighted by atomic mass is 9.83. The van der Waals surface area contributed by atoms with Gasteiger partial charge in [-0.3, -0.25) is 0 Å². The first kappa shape index (κ1) is 25.6. The van der Waals surface area contributed by atoms with Gasteiger partial charge in [-0.05, 0) is 83.7 Å². The van der Waals surface area contributed by atoms with Gasteiger partial charge >= 0.3 is 0 Å². The minimum atomic E-state index is 0.918. The van der Waals surface area contributed by atoms with Gasteiger partial charge in [0.2, 0.25) is 0 Å². The monoisotopic (exact) mass is 602 g/mol. The van der Waals surface area contributed by atoms with Gasteiger partial charge in [-0.15, -0.1) is 11.3 Å². The van der Waals surface area contributed by atoms with E-state index in [0.29, 0.717) is 0 Å². The number of thiophene rings is 1. The molecule has 0 saturated carbocycles. The molecule has 0 unspecified atom stereocenters. The lowest BCUT2D eigenvalue weighted by Gasteiger charge is -2.19. The second-order valence-electron chi connectivity index (χ2n) is 12.0. The van der Waals surface area contributed by atoms with Crippen LogP contribution in [-0.4, -0.2) is 0 Å². The molecule has 8 aromatic carbocycles. The summed E-state index contributed by atoms with van der Waals surface area (Å²) in [7, 11) is 0. The number of rotatable bonds is 3. The summed E-state index contributed by atoms with van der Waals surface area (Å²) in [6.45, 7) is 0. The van der Waals surface area contributed by atoms with Crippen molar-refractivity contribution in [3.8, 4) is 32.7 Å². The maximum atomic E-state index is 6.75. The molecule has 0 amide bonds. The molecule has 10 rings (SSSR count). The van der Waals surface area contributed by atoms with E-state index in [1.54, 1.807) is 0 Å². The molecule has 0 N–H and O–H groups in total. The molecule has 46 heavy (non-hydrogen) atoms. The Morgan fingerprint density at radius 2 is 0.978 bits per heavy atom. The molecule has 0 radical (unpaired) electrons. The number of furan rings is 1. The third-order valence-electron chi connectivity index (χ3n) is 9.45. The first-order valence-corrected chi connectivity index (χ1v) is 16.5. The molecule has 2 aromatic heterocycles. The van der Waals surface area contributed by atoms with E-state index < -0.39 is 0 Å². The second kappa shape index (κ2) is 9.90. The van der Waals surface area contributed by atoms with Crippen molar-refractivity contribution in [2.45, 2.75) is 0 Å². The molecule has 0 spiro atoms. The summed E-state index contributed by atoms with van der Waals surface area (Å²) in [5.41, 5.74) is 8.11. The molecule has 2 heterocycles. The van der Waals surface area contributed by atoms with Gasteiger partial charge in [-0.25, -0.2) is 0 Å². The van der Waals surface area contributed by atoms with Gasteiger partial charge in [-0.1, -0.05) is 140 Å². The summed E-state index contributed by atoms with van der Waals surface area (Å²) in [6.07, 6.45) is 0. The molecule has 0 bridgehead atoms. The number of para-hydroxylation sites is 1. The van der Waals surface area contributed by atoms with Gasteiger partial charge < -0.3 is 4.42 Å². The van der Waals surface area contributed by atoms with Gasteiger partial charge in [0.25, 0.3) is 0 Å². The average Bonchev–Trinajstić information content (AvgIpc) is 3.73. The van der Waals surface area contributed by atoms with Crippen LogP contribution >= 0.6 is 11.3 Å². The van der Waals surface area contributed by atoms with E-state index in [0.717, 1.165) is 16.6 Å². The molecule has 214 valence electrons. The number of fused-ring (bicyclic) bond motifs is 8. The Bertz CT molecular complexity index is 2740. The van der Waals surface area contributed by atoms with Gasteiger partial charge in [-0.2, -0.15) is 0 Å². The van der Waals surface area contributed by atoms with Gasteiger partial charge in [0.15, 0.2) is 5.58 Å². The minimum absolute atomic E-state index is 0.918. The van der Waals surface area contributed by atoms with Gasteiger partial charge in [0.1, 0.15) is 5.58 Å². The first-order chi connectivity index (χ1) is 22.8. The second-order valence-corrected chi connectivity index (χ2v) is 13.0. The third-order valence-corrected chi connectivity index (χ3v) is 10.6. The average molecular weight is 603 g/mol. The molecule has 1 nitrogen and oxygen atoms in total. The van der Waals surface area contributed by atoms with Crippen molar-refractivity contribution in [2.24, 2.45) is 0 Å². The predicted octanol–water partition coefficient (Wildman–Crippen LogP) is 13.3. The summed E-state index contributed by atoms with van der Waals surface area (Å²) < 4.78 is 7.94. The normalized spacial score (nSPS) is 11.9. The summed E-state index contributed by atoms with van der Waals surface area (Å²) >= 11 is 1.81. The van der Waals surface area contributed by atoms with E-state index >= 15 is 0 Å². The maximum Gasteiger partial charge on any atom is 0.153 e. The van der Waals surface area contributed by atoms with Gasteiger partial charge in [0, 0.05) is 15.6 Å². The molecule has 0 aliphatic carbocycles. The Kier molecular flexibility index (Phi) is 5.51. The SMILES string of the molecule is c1ccc(-c2cc3cc(-c4c5ccccc5c(-c5cccc6ccccc56)c5ccccc45)c4c5ccccc5oc4c3s2)cc1. The molecule has 0 aliphatic heterocycles. The van der Waals surface area contributed by atoms with Crippen LogP contribution in [0.1, 0.15) is 0 Å². The summed E-state index contributed by atoms with van der Waals surface area (Å²) in [4.78, 5) is 1.25.